The standard InChI is InChI=1S/C18H18Cl2N2O3S/c1-12-11-14(6-9-16(12)20)21-18(23)17-3-2-10-22(17)26(24,25)15-7-4-13(19)5-8-15/h4-9,11,17H,2-3,10H2,1H3,(H,21,23). The Balaban J connectivity index is 1.81. The molecule has 0 saturated carbocycles. The maximum absolute atomic E-state index is 12.9. The second-order valence-electron chi connectivity index (χ2n) is 6.18. The quantitative estimate of drug-likeness (QED) is 0.821. The van der Waals surface area contributed by atoms with Crippen molar-refractivity contribution < 1.29 is 13.2 Å². The first-order valence-corrected chi connectivity index (χ1v) is 10.3. The molecule has 0 radical (unpaired) electrons. The van der Waals surface area contributed by atoms with Gasteiger partial charge in [-0.3, -0.25) is 4.79 Å². The van der Waals surface area contributed by atoms with Gasteiger partial charge in [-0.2, -0.15) is 4.31 Å². The van der Waals surface area contributed by atoms with Crippen molar-refractivity contribution in [3.8, 4) is 0 Å². The van der Waals surface area contributed by atoms with Crippen LogP contribution in [0, 0.1) is 6.92 Å². The van der Waals surface area contributed by atoms with E-state index in [0.717, 1.165) is 5.56 Å². The number of amides is 1. The maximum atomic E-state index is 12.9. The molecule has 1 aliphatic rings. The van der Waals surface area contributed by atoms with Crippen molar-refractivity contribution in [3.05, 3.63) is 58.1 Å². The van der Waals surface area contributed by atoms with Crippen molar-refractivity contribution in [2.24, 2.45) is 0 Å². The lowest BCUT2D eigenvalue weighted by Crippen LogP contribution is -2.43. The number of hydrogen-bond donors (Lipinski definition) is 1. The van der Waals surface area contributed by atoms with E-state index in [9.17, 15) is 13.2 Å². The van der Waals surface area contributed by atoms with Crippen LogP contribution in [0.15, 0.2) is 47.4 Å². The van der Waals surface area contributed by atoms with Gasteiger partial charge in [0.15, 0.2) is 0 Å². The number of nitrogens with zero attached hydrogens (tertiary/aromatic N) is 1. The smallest absolute Gasteiger partial charge is 0.243 e. The molecule has 1 heterocycles. The average molecular weight is 413 g/mol. The van der Waals surface area contributed by atoms with Crippen LogP contribution in [0.5, 0.6) is 0 Å². The zero-order valence-electron chi connectivity index (χ0n) is 14.1. The first-order valence-electron chi connectivity index (χ1n) is 8.13. The summed E-state index contributed by atoms with van der Waals surface area (Å²) in [5, 5.41) is 3.85. The summed E-state index contributed by atoms with van der Waals surface area (Å²) in [6.07, 6.45) is 1.11. The minimum absolute atomic E-state index is 0.129. The molecule has 1 fully saturated rings. The van der Waals surface area contributed by atoms with Gasteiger partial charge < -0.3 is 5.32 Å². The summed E-state index contributed by atoms with van der Waals surface area (Å²) in [5.41, 5.74) is 1.43. The minimum atomic E-state index is -3.76. The first-order chi connectivity index (χ1) is 12.3. The van der Waals surface area contributed by atoms with Crippen LogP contribution in [0.2, 0.25) is 10.0 Å². The van der Waals surface area contributed by atoms with Crippen molar-refractivity contribution >= 4 is 44.8 Å². The highest BCUT2D eigenvalue weighted by molar-refractivity contribution is 7.89. The van der Waals surface area contributed by atoms with Crippen molar-refractivity contribution in [2.45, 2.75) is 30.7 Å². The first kappa shape index (κ1) is 19.2. The second kappa shape index (κ2) is 7.56. The Morgan fingerprint density at radius 1 is 1.15 bits per heavy atom. The van der Waals surface area contributed by atoms with Gasteiger partial charge in [0, 0.05) is 22.3 Å². The number of aryl methyl sites for hydroxylation is 1. The molecule has 8 heteroatoms. The number of carbonyl (C=O) groups excluding carboxylic acids is 1. The molecule has 0 aliphatic carbocycles. The number of nitrogens with one attached hydrogen (secondary N) is 1. The summed E-state index contributed by atoms with van der Waals surface area (Å²) >= 11 is 11.8. The SMILES string of the molecule is Cc1cc(NC(=O)C2CCCN2S(=O)(=O)c2ccc(Cl)cc2)ccc1Cl. The molecule has 138 valence electrons. The second-order valence-corrected chi connectivity index (χ2v) is 8.92. The predicted octanol–water partition coefficient (Wildman–Crippen LogP) is 4.09. The van der Waals surface area contributed by atoms with Crippen LogP contribution < -0.4 is 5.32 Å². The van der Waals surface area contributed by atoms with Crippen molar-refractivity contribution in [3.63, 3.8) is 0 Å². The number of carbonyl (C=O) groups is 1. The van der Waals surface area contributed by atoms with Crippen LogP contribution >= 0.6 is 23.2 Å². The lowest BCUT2D eigenvalue weighted by atomic mass is 10.2. The summed E-state index contributed by atoms with van der Waals surface area (Å²) < 4.78 is 27.1. The van der Waals surface area contributed by atoms with Gasteiger partial charge in [-0.15, -0.1) is 0 Å². The van der Waals surface area contributed by atoms with Gasteiger partial charge >= 0.3 is 0 Å². The van der Waals surface area contributed by atoms with Crippen LogP contribution in [0.3, 0.4) is 0 Å². The Hall–Kier alpha value is -1.60. The molecular weight excluding hydrogens is 395 g/mol. The van der Waals surface area contributed by atoms with Crippen molar-refractivity contribution in [1.29, 1.82) is 0 Å². The van der Waals surface area contributed by atoms with Gasteiger partial charge in [-0.05, 0) is 67.8 Å². The van der Waals surface area contributed by atoms with E-state index in [1.54, 1.807) is 18.2 Å². The molecule has 1 amide bonds. The summed E-state index contributed by atoms with van der Waals surface area (Å²) in [4.78, 5) is 12.8. The van der Waals surface area contributed by atoms with E-state index in [4.69, 9.17) is 23.2 Å². The van der Waals surface area contributed by atoms with Crippen LogP contribution in [0.4, 0.5) is 5.69 Å². The number of benzene rings is 2. The summed E-state index contributed by atoms with van der Waals surface area (Å²) in [6, 6.07) is 10.4. The zero-order valence-corrected chi connectivity index (χ0v) is 16.4. The molecule has 1 atom stereocenters. The van der Waals surface area contributed by atoms with Crippen LogP contribution in [0.1, 0.15) is 18.4 Å². The highest BCUT2D eigenvalue weighted by atomic mass is 35.5. The number of anilines is 1. The number of halogens is 2. The van der Waals surface area contributed by atoms with Crippen molar-refractivity contribution in [1.82, 2.24) is 4.31 Å². The summed E-state index contributed by atoms with van der Waals surface area (Å²) in [5.74, 6) is -0.346. The van der Waals surface area contributed by atoms with E-state index in [1.165, 1.54) is 28.6 Å². The highest BCUT2D eigenvalue weighted by Gasteiger charge is 2.39. The molecule has 2 aromatic carbocycles. The van der Waals surface area contributed by atoms with Crippen molar-refractivity contribution in [2.75, 3.05) is 11.9 Å². The number of hydrogen-bond acceptors (Lipinski definition) is 3. The number of rotatable bonds is 4. The summed E-state index contributed by atoms with van der Waals surface area (Å²) in [7, 11) is -3.76. The Morgan fingerprint density at radius 2 is 1.85 bits per heavy atom. The lowest BCUT2D eigenvalue weighted by Gasteiger charge is -2.23. The molecule has 0 aromatic heterocycles. The molecule has 26 heavy (non-hydrogen) atoms. The monoisotopic (exact) mass is 412 g/mol. The van der Waals surface area contributed by atoms with Crippen LogP contribution in [0.25, 0.3) is 0 Å². The van der Waals surface area contributed by atoms with Crippen LogP contribution in [-0.2, 0) is 14.8 Å². The Bertz CT molecular complexity index is 930. The average Bonchev–Trinajstić information content (AvgIpc) is 3.09. The molecule has 0 bridgehead atoms. The molecule has 2 aromatic rings. The molecule has 1 saturated heterocycles. The van der Waals surface area contributed by atoms with E-state index in [-0.39, 0.29) is 10.8 Å². The Kier molecular flexibility index (Phi) is 5.58. The molecule has 1 N–H and O–H groups in total. The Labute approximate surface area is 163 Å². The lowest BCUT2D eigenvalue weighted by molar-refractivity contribution is -0.119. The van der Waals surface area contributed by atoms with E-state index >= 15 is 0 Å². The fraction of sp³-hybridized carbons (Fsp3) is 0.278. The van der Waals surface area contributed by atoms with Crippen LogP contribution in [-0.4, -0.2) is 31.2 Å². The van der Waals surface area contributed by atoms with Gasteiger partial charge in [0.1, 0.15) is 6.04 Å². The summed E-state index contributed by atoms with van der Waals surface area (Å²) in [6.45, 7) is 2.15. The largest absolute Gasteiger partial charge is 0.325 e. The fourth-order valence-electron chi connectivity index (χ4n) is 2.98. The third kappa shape index (κ3) is 3.88. The molecule has 3 rings (SSSR count). The minimum Gasteiger partial charge on any atom is -0.325 e. The molecule has 1 aliphatic heterocycles. The van der Waals surface area contributed by atoms with Gasteiger partial charge in [0.05, 0.1) is 4.90 Å². The third-order valence-electron chi connectivity index (χ3n) is 4.35. The number of sulfonamides is 1. The van der Waals surface area contributed by atoms with E-state index in [1.807, 2.05) is 6.92 Å². The normalized spacial score (nSPS) is 18.0. The van der Waals surface area contributed by atoms with Gasteiger partial charge in [-0.25, -0.2) is 8.42 Å². The van der Waals surface area contributed by atoms with Gasteiger partial charge in [-0.1, -0.05) is 23.2 Å². The topological polar surface area (TPSA) is 66.5 Å². The molecule has 5 nitrogen and oxygen atoms in total. The maximum Gasteiger partial charge on any atom is 0.243 e. The zero-order chi connectivity index (χ0) is 18.9. The predicted molar refractivity (Wildman–Crippen MR) is 103 cm³/mol. The Morgan fingerprint density at radius 3 is 2.50 bits per heavy atom. The molecular formula is C18H18Cl2N2O3S. The third-order valence-corrected chi connectivity index (χ3v) is 6.95. The van der Waals surface area contributed by atoms with E-state index in [0.29, 0.717) is 35.1 Å². The van der Waals surface area contributed by atoms with E-state index in [2.05, 4.69) is 5.32 Å². The van der Waals surface area contributed by atoms with E-state index < -0.39 is 16.1 Å². The molecule has 0 spiro atoms. The van der Waals surface area contributed by atoms with Gasteiger partial charge in [0.2, 0.25) is 15.9 Å². The van der Waals surface area contributed by atoms with Gasteiger partial charge in [0.25, 0.3) is 0 Å². The fourth-order valence-corrected chi connectivity index (χ4v) is 4.88. The highest BCUT2D eigenvalue weighted by Crippen LogP contribution is 2.28. The molecule has 1 unspecified atom stereocenters.